The summed E-state index contributed by atoms with van der Waals surface area (Å²) in [7, 11) is 0. The van der Waals surface area contributed by atoms with Crippen LogP contribution in [0.2, 0.25) is 0 Å². The van der Waals surface area contributed by atoms with Gasteiger partial charge in [-0.15, -0.1) is 0 Å². The van der Waals surface area contributed by atoms with Crippen molar-refractivity contribution in [2.45, 2.75) is 33.2 Å². The van der Waals surface area contributed by atoms with Crippen molar-refractivity contribution in [3.05, 3.63) is 69.2 Å². The molecule has 0 bridgehead atoms. The number of aryl methyl sites for hydroxylation is 1. The van der Waals surface area contributed by atoms with Gasteiger partial charge in [0.2, 0.25) is 0 Å². The molecule has 20 heavy (non-hydrogen) atoms. The van der Waals surface area contributed by atoms with Crippen LogP contribution < -0.4 is 5.73 Å². The second kappa shape index (κ2) is 6.55. The normalized spacial score (nSPS) is 12.7. The van der Waals surface area contributed by atoms with E-state index in [-0.39, 0.29) is 6.04 Å². The summed E-state index contributed by atoms with van der Waals surface area (Å²) in [6.07, 6.45) is 1.11. The Balaban J connectivity index is 2.22. The third-order valence-electron chi connectivity index (χ3n) is 3.47. The summed E-state index contributed by atoms with van der Waals surface area (Å²) in [5, 5.41) is 0. The molecule has 2 heteroatoms. The number of hydrogen-bond donors (Lipinski definition) is 1. The summed E-state index contributed by atoms with van der Waals surface area (Å²) in [5.41, 5.74) is 11.3. The molecule has 0 aliphatic rings. The van der Waals surface area contributed by atoms with Crippen molar-refractivity contribution in [2.24, 2.45) is 11.7 Å². The molecule has 0 fully saturated rings. The van der Waals surface area contributed by atoms with E-state index in [4.69, 9.17) is 5.73 Å². The van der Waals surface area contributed by atoms with Gasteiger partial charge in [0.25, 0.3) is 0 Å². The van der Waals surface area contributed by atoms with Crippen LogP contribution in [0.1, 0.15) is 42.1 Å². The lowest BCUT2D eigenvalue weighted by Crippen LogP contribution is -2.12. The minimum absolute atomic E-state index is 0.0851. The molecule has 0 saturated carbocycles. The van der Waals surface area contributed by atoms with Crippen LogP contribution in [0.3, 0.4) is 0 Å². The second-order valence-corrected chi connectivity index (χ2v) is 6.70. The first-order chi connectivity index (χ1) is 9.47. The van der Waals surface area contributed by atoms with Gasteiger partial charge in [-0.25, -0.2) is 0 Å². The van der Waals surface area contributed by atoms with Crippen LogP contribution in [-0.2, 0) is 6.42 Å². The first-order valence-electron chi connectivity index (χ1n) is 7.08. The highest BCUT2D eigenvalue weighted by Gasteiger charge is 2.12. The molecule has 0 aliphatic heterocycles. The molecule has 0 spiro atoms. The van der Waals surface area contributed by atoms with E-state index in [1.807, 2.05) is 0 Å². The first-order valence-corrected chi connectivity index (χ1v) is 7.87. The van der Waals surface area contributed by atoms with E-state index in [1.54, 1.807) is 0 Å². The minimum Gasteiger partial charge on any atom is -0.320 e. The van der Waals surface area contributed by atoms with Gasteiger partial charge >= 0.3 is 0 Å². The second-order valence-electron chi connectivity index (χ2n) is 5.84. The predicted molar refractivity (Wildman–Crippen MR) is 89.9 cm³/mol. The Kier molecular flexibility index (Phi) is 5.00. The third kappa shape index (κ3) is 3.71. The van der Waals surface area contributed by atoms with Crippen molar-refractivity contribution < 1.29 is 0 Å². The molecular weight excluding hydrogens is 310 g/mol. The molecular formula is C18H22BrN. The van der Waals surface area contributed by atoms with Gasteiger partial charge in [0.1, 0.15) is 0 Å². The lowest BCUT2D eigenvalue weighted by atomic mass is 9.96. The smallest absolute Gasteiger partial charge is 0.0562 e. The van der Waals surface area contributed by atoms with Crippen molar-refractivity contribution in [1.82, 2.24) is 0 Å². The van der Waals surface area contributed by atoms with E-state index in [0.29, 0.717) is 5.92 Å². The molecule has 2 aromatic rings. The number of rotatable bonds is 4. The maximum atomic E-state index is 6.39. The van der Waals surface area contributed by atoms with Gasteiger partial charge in [-0.05, 0) is 47.6 Å². The van der Waals surface area contributed by atoms with E-state index in [1.165, 1.54) is 11.1 Å². The highest BCUT2D eigenvalue weighted by molar-refractivity contribution is 9.10. The molecule has 2 rings (SSSR count). The van der Waals surface area contributed by atoms with E-state index in [0.717, 1.165) is 22.0 Å². The fourth-order valence-corrected chi connectivity index (χ4v) is 3.14. The van der Waals surface area contributed by atoms with Crippen molar-refractivity contribution in [3.63, 3.8) is 0 Å². The Morgan fingerprint density at radius 1 is 1.05 bits per heavy atom. The van der Waals surface area contributed by atoms with Crippen LogP contribution in [0.25, 0.3) is 0 Å². The zero-order valence-corrected chi connectivity index (χ0v) is 13.9. The molecule has 0 saturated heterocycles. The van der Waals surface area contributed by atoms with Crippen molar-refractivity contribution in [3.8, 4) is 0 Å². The lowest BCUT2D eigenvalue weighted by molar-refractivity contribution is 0.647. The maximum Gasteiger partial charge on any atom is 0.0562 e. The SMILES string of the molecule is Cc1ccc(C(N)c2ccc(CC(C)C)cc2)c(Br)c1. The molecule has 0 heterocycles. The third-order valence-corrected chi connectivity index (χ3v) is 4.16. The van der Waals surface area contributed by atoms with Crippen molar-refractivity contribution in [1.29, 1.82) is 0 Å². The standard InChI is InChI=1S/C18H22BrN/c1-12(2)10-14-5-7-15(8-6-14)18(20)16-9-4-13(3)11-17(16)19/h4-9,11-12,18H,10,20H2,1-3H3. The van der Waals surface area contributed by atoms with Gasteiger partial charge in [-0.2, -0.15) is 0 Å². The quantitative estimate of drug-likeness (QED) is 0.837. The number of nitrogens with two attached hydrogens (primary N) is 1. The van der Waals surface area contributed by atoms with Gasteiger partial charge in [-0.3, -0.25) is 0 Å². The summed E-state index contributed by atoms with van der Waals surface area (Å²) in [5.74, 6) is 0.681. The highest BCUT2D eigenvalue weighted by atomic mass is 79.9. The number of halogens is 1. The van der Waals surface area contributed by atoms with Crippen LogP contribution >= 0.6 is 15.9 Å². The zero-order valence-electron chi connectivity index (χ0n) is 12.4. The molecule has 0 aromatic heterocycles. The molecule has 1 atom stereocenters. The molecule has 1 unspecified atom stereocenters. The summed E-state index contributed by atoms with van der Waals surface area (Å²) < 4.78 is 1.08. The number of hydrogen-bond acceptors (Lipinski definition) is 1. The molecule has 2 aromatic carbocycles. The van der Waals surface area contributed by atoms with Crippen LogP contribution in [0.5, 0.6) is 0 Å². The summed E-state index contributed by atoms with van der Waals surface area (Å²) >= 11 is 3.61. The Hall–Kier alpha value is -1.12. The van der Waals surface area contributed by atoms with E-state index in [2.05, 4.69) is 79.2 Å². The summed E-state index contributed by atoms with van der Waals surface area (Å²) in [6, 6.07) is 14.9. The highest BCUT2D eigenvalue weighted by Crippen LogP contribution is 2.28. The van der Waals surface area contributed by atoms with Gasteiger partial charge in [0, 0.05) is 4.47 Å². The zero-order chi connectivity index (χ0) is 14.7. The maximum absolute atomic E-state index is 6.39. The Morgan fingerprint density at radius 2 is 1.70 bits per heavy atom. The lowest BCUT2D eigenvalue weighted by Gasteiger charge is -2.16. The van der Waals surface area contributed by atoms with E-state index >= 15 is 0 Å². The molecule has 0 amide bonds. The minimum atomic E-state index is -0.0851. The molecule has 106 valence electrons. The van der Waals surface area contributed by atoms with Crippen LogP contribution in [0.15, 0.2) is 46.9 Å². The average Bonchev–Trinajstić information content (AvgIpc) is 2.38. The molecule has 2 N–H and O–H groups in total. The summed E-state index contributed by atoms with van der Waals surface area (Å²) in [6.45, 7) is 6.56. The van der Waals surface area contributed by atoms with Crippen molar-refractivity contribution >= 4 is 15.9 Å². The fraction of sp³-hybridized carbons (Fsp3) is 0.333. The summed E-state index contributed by atoms with van der Waals surface area (Å²) in [4.78, 5) is 0. The molecule has 0 radical (unpaired) electrons. The monoisotopic (exact) mass is 331 g/mol. The Morgan fingerprint density at radius 3 is 2.25 bits per heavy atom. The van der Waals surface area contributed by atoms with Crippen LogP contribution in [0, 0.1) is 12.8 Å². The largest absolute Gasteiger partial charge is 0.320 e. The first kappa shape index (κ1) is 15.3. The van der Waals surface area contributed by atoms with Crippen LogP contribution in [-0.4, -0.2) is 0 Å². The Bertz CT molecular complexity index is 572. The van der Waals surface area contributed by atoms with Crippen molar-refractivity contribution in [2.75, 3.05) is 0 Å². The van der Waals surface area contributed by atoms with Gasteiger partial charge in [-0.1, -0.05) is 66.2 Å². The average molecular weight is 332 g/mol. The Labute approximate surface area is 130 Å². The van der Waals surface area contributed by atoms with E-state index < -0.39 is 0 Å². The number of benzene rings is 2. The van der Waals surface area contributed by atoms with Crippen LogP contribution in [0.4, 0.5) is 0 Å². The predicted octanol–water partition coefficient (Wildman–Crippen LogP) is 5.00. The van der Waals surface area contributed by atoms with Gasteiger partial charge < -0.3 is 5.73 Å². The fourth-order valence-electron chi connectivity index (χ4n) is 2.40. The molecule has 0 aliphatic carbocycles. The van der Waals surface area contributed by atoms with Gasteiger partial charge in [0.05, 0.1) is 6.04 Å². The van der Waals surface area contributed by atoms with E-state index in [9.17, 15) is 0 Å². The van der Waals surface area contributed by atoms with Gasteiger partial charge in [0.15, 0.2) is 0 Å². The topological polar surface area (TPSA) is 26.0 Å². The molecule has 1 nitrogen and oxygen atoms in total.